The first-order chi connectivity index (χ1) is 12.2. The van der Waals surface area contributed by atoms with Crippen LogP contribution in [0.3, 0.4) is 0 Å². The zero-order chi connectivity index (χ0) is 17.3. The molecule has 2 heterocycles. The van der Waals surface area contributed by atoms with Crippen LogP contribution in [-0.2, 0) is 12.1 Å². The van der Waals surface area contributed by atoms with Crippen molar-refractivity contribution >= 4 is 0 Å². The van der Waals surface area contributed by atoms with Crippen molar-refractivity contribution in [2.24, 2.45) is 0 Å². The van der Waals surface area contributed by atoms with Crippen molar-refractivity contribution in [2.75, 3.05) is 33.4 Å². The molecule has 4 rings (SSSR count). The lowest BCUT2D eigenvalue weighted by atomic mass is 9.93. The molecule has 2 aliphatic rings. The van der Waals surface area contributed by atoms with Crippen LogP contribution in [-0.4, -0.2) is 43.4 Å². The van der Waals surface area contributed by atoms with Crippen LogP contribution in [0.2, 0.25) is 0 Å². The Morgan fingerprint density at radius 2 is 1.84 bits per heavy atom. The van der Waals surface area contributed by atoms with Gasteiger partial charge in [0.1, 0.15) is 24.6 Å². The predicted molar refractivity (Wildman–Crippen MR) is 94.2 cm³/mol. The Hall–Kier alpha value is -2.24. The monoisotopic (exact) mass is 341 g/mol. The SMILES string of the molecule is COc1cc2c(cc1CN1CC[C@@](O)(c3ccccc3)C1)OCCO2. The second-order valence-electron chi connectivity index (χ2n) is 6.67. The molecule has 2 aliphatic heterocycles. The van der Waals surface area contributed by atoms with Gasteiger partial charge in [-0.3, -0.25) is 4.90 Å². The molecule has 1 saturated heterocycles. The summed E-state index contributed by atoms with van der Waals surface area (Å²) in [5.41, 5.74) is 1.23. The third kappa shape index (κ3) is 3.17. The van der Waals surface area contributed by atoms with E-state index in [-0.39, 0.29) is 0 Å². The minimum absolute atomic E-state index is 0.561. The van der Waals surface area contributed by atoms with Gasteiger partial charge in [0.2, 0.25) is 0 Å². The van der Waals surface area contributed by atoms with Crippen LogP contribution in [0.5, 0.6) is 17.2 Å². The molecule has 0 saturated carbocycles. The lowest BCUT2D eigenvalue weighted by molar-refractivity contribution is 0.0452. The molecule has 1 N–H and O–H groups in total. The molecule has 132 valence electrons. The Labute approximate surface area is 147 Å². The van der Waals surface area contributed by atoms with Gasteiger partial charge in [-0.2, -0.15) is 0 Å². The van der Waals surface area contributed by atoms with Crippen molar-refractivity contribution in [1.29, 1.82) is 0 Å². The third-order valence-corrected chi connectivity index (χ3v) is 4.98. The van der Waals surface area contributed by atoms with Crippen LogP contribution < -0.4 is 14.2 Å². The molecular weight excluding hydrogens is 318 g/mol. The molecule has 1 atom stereocenters. The Bertz CT molecular complexity index is 749. The molecule has 2 aromatic carbocycles. The van der Waals surface area contributed by atoms with Crippen molar-refractivity contribution in [1.82, 2.24) is 4.90 Å². The summed E-state index contributed by atoms with van der Waals surface area (Å²) >= 11 is 0. The Balaban J connectivity index is 1.53. The number of likely N-dealkylation sites (tertiary alicyclic amines) is 1. The highest BCUT2D eigenvalue weighted by molar-refractivity contribution is 5.51. The molecule has 1 fully saturated rings. The van der Waals surface area contributed by atoms with E-state index in [9.17, 15) is 5.11 Å². The van der Waals surface area contributed by atoms with Gasteiger partial charge in [-0.25, -0.2) is 0 Å². The number of hydrogen-bond acceptors (Lipinski definition) is 5. The van der Waals surface area contributed by atoms with Gasteiger partial charge in [0, 0.05) is 31.3 Å². The molecule has 0 unspecified atom stereocenters. The van der Waals surface area contributed by atoms with Crippen LogP contribution in [0.15, 0.2) is 42.5 Å². The van der Waals surface area contributed by atoms with Crippen molar-refractivity contribution < 1.29 is 19.3 Å². The first-order valence-electron chi connectivity index (χ1n) is 8.65. The van der Waals surface area contributed by atoms with E-state index < -0.39 is 5.60 Å². The maximum Gasteiger partial charge on any atom is 0.165 e. The van der Waals surface area contributed by atoms with Gasteiger partial charge in [-0.15, -0.1) is 0 Å². The number of rotatable bonds is 4. The van der Waals surface area contributed by atoms with E-state index in [2.05, 4.69) is 4.90 Å². The average Bonchev–Trinajstić information content (AvgIpc) is 3.04. The molecular formula is C20H23NO4. The second-order valence-corrected chi connectivity index (χ2v) is 6.67. The minimum Gasteiger partial charge on any atom is -0.496 e. The molecule has 0 bridgehead atoms. The number of benzene rings is 2. The van der Waals surface area contributed by atoms with E-state index in [0.717, 1.165) is 41.3 Å². The van der Waals surface area contributed by atoms with E-state index >= 15 is 0 Å². The molecule has 0 radical (unpaired) electrons. The highest BCUT2D eigenvalue weighted by Gasteiger charge is 2.37. The lowest BCUT2D eigenvalue weighted by Crippen LogP contribution is -2.30. The van der Waals surface area contributed by atoms with Gasteiger partial charge in [0.15, 0.2) is 11.5 Å². The second kappa shape index (κ2) is 6.58. The normalized spacial score (nSPS) is 22.8. The third-order valence-electron chi connectivity index (χ3n) is 4.98. The Kier molecular flexibility index (Phi) is 4.27. The summed E-state index contributed by atoms with van der Waals surface area (Å²) in [5, 5.41) is 11.0. The van der Waals surface area contributed by atoms with E-state index in [4.69, 9.17) is 14.2 Å². The van der Waals surface area contributed by atoms with Crippen LogP contribution >= 0.6 is 0 Å². The summed E-state index contributed by atoms with van der Waals surface area (Å²) in [4.78, 5) is 2.25. The summed E-state index contributed by atoms with van der Waals surface area (Å²) in [6.07, 6.45) is 0.726. The van der Waals surface area contributed by atoms with E-state index in [1.54, 1.807) is 7.11 Å². The van der Waals surface area contributed by atoms with Gasteiger partial charge in [-0.05, 0) is 18.1 Å². The van der Waals surface area contributed by atoms with Crippen molar-refractivity contribution in [3.05, 3.63) is 53.6 Å². The number of nitrogens with zero attached hydrogens (tertiary/aromatic N) is 1. The standard InChI is InChI=1S/C20H23NO4/c1-23-17-12-19-18(24-9-10-25-19)11-15(17)13-21-8-7-20(22,14-21)16-5-3-2-4-6-16/h2-6,11-12,22H,7-10,13-14H2,1H3/t20-/m0/s1. The molecule has 0 aromatic heterocycles. The number of fused-ring (bicyclic) bond motifs is 1. The van der Waals surface area contributed by atoms with Gasteiger partial charge < -0.3 is 19.3 Å². The number of aliphatic hydroxyl groups is 1. The van der Waals surface area contributed by atoms with Gasteiger partial charge in [-0.1, -0.05) is 30.3 Å². The number of ether oxygens (including phenoxy) is 3. The molecule has 25 heavy (non-hydrogen) atoms. The average molecular weight is 341 g/mol. The van der Waals surface area contributed by atoms with Crippen LogP contribution in [0.1, 0.15) is 17.5 Å². The van der Waals surface area contributed by atoms with Crippen molar-refractivity contribution in [3.63, 3.8) is 0 Å². The quantitative estimate of drug-likeness (QED) is 0.926. The highest BCUT2D eigenvalue weighted by Crippen LogP contribution is 2.39. The molecule has 0 spiro atoms. The zero-order valence-corrected chi connectivity index (χ0v) is 14.4. The lowest BCUT2D eigenvalue weighted by Gasteiger charge is -2.25. The summed E-state index contributed by atoms with van der Waals surface area (Å²) in [6, 6.07) is 13.8. The molecule has 2 aromatic rings. The minimum atomic E-state index is -0.789. The van der Waals surface area contributed by atoms with E-state index in [0.29, 0.717) is 26.3 Å². The van der Waals surface area contributed by atoms with E-state index in [1.165, 1.54) is 0 Å². The predicted octanol–water partition coefficient (Wildman–Crippen LogP) is 2.56. The highest BCUT2D eigenvalue weighted by atomic mass is 16.6. The maximum atomic E-state index is 11.0. The first kappa shape index (κ1) is 16.2. The summed E-state index contributed by atoms with van der Waals surface area (Å²) in [5.74, 6) is 2.29. The largest absolute Gasteiger partial charge is 0.496 e. The van der Waals surface area contributed by atoms with E-state index in [1.807, 2.05) is 42.5 Å². The fraction of sp³-hybridized carbons (Fsp3) is 0.400. The topological polar surface area (TPSA) is 51.2 Å². The smallest absolute Gasteiger partial charge is 0.165 e. The first-order valence-corrected chi connectivity index (χ1v) is 8.65. The summed E-state index contributed by atoms with van der Waals surface area (Å²) in [7, 11) is 1.67. The van der Waals surface area contributed by atoms with Crippen LogP contribution in [0.4, 0.5) is 0 Å². The molecule has 0 aliphatic carbocycles. The van der Waals surface area contributed by atoms with Crippen LogP contribution in [0.25, 0.3) is 0 Å². The summed E-state index contributed by atoms with van der Waals surface area (Å²) < 4.78 is 16.8. The number of β-amino-alcohol motifs (C(OH)–C–C–N with tert-alkyl or cyclic N) is 1. The molecule has 5 nitrogen and oxygen atoms in total. The number of hydrogen-bond donors (Lipinski definition) is 1. The van der Waals surface area contributed by atoms with Gasteiger partial charge in [0.25, 0.3) is 0 Å². The van der Waals surface area contributed by atoms with Gasteiger partial charge in [0.05, 0.1) is 7.11 Å². The molecule has 0 amide bonds. The summed E-state index contributed by atoms with van der Waals surface area (Å²) in [6.45, 7) is 3.27. The fourth-order valence-electron chi connectivity index (χ4n) is 3.66. The zero-order valence-electron chi connectivity index (χ0n) is 14.4. The number of methoxy groups -OCH3 is 1. The van der Waals surface area contributed by atoms with Gasteiger partial charge >= 0.3 is 0 Å². The fourth-order valence-corrected chi connectivity index (χ4v) is 3.66. The van der Waals surface area contributed by atoms with Crippen molar-refractivity contribution in [3.8, 4) is 17.2 Å². The van der Waals surface area contributed by atoms with Crippen molar-refractivity contribution in [2.45, 2.75) is 18.6 Å². The Morgan fingerprint density at radius 3 is 2.56 bits per heavy atom. The maximum absolute atomic E-state index is 11.0. The Morgan fingerprint density at radius 1 is 1.12 bits per heavy atom. The molecule has 5 heteroatoms. The van der Waals surface area contributed by atoms with Crippen LogP contribution in [0, 0.1) is 0 Å².